The Hall–Kier alpha value is -2.68. The summed E-state index contributed by atoms with van der Waals surface area (Å²) in [5, 5.41) is 13.0. The van der Waals surface area contributed by atoms with Crippen molar-refractivity contribution in [2.24, 2.45) is 0 Å². The van der Waals surface area contributed by atoms with Crippen molar-refractivity contribution in [2.45, 2.75) is 18.4 Å². The van der Waals surface area contributed by atoms with Crippen LogP contribution in [0.1, 0.15) is 23.2 Å². The number of carbonyl (C=O) groups is 1. The Bertz CT molecular complexity index is 1190. The highest BCUT2D eigenvalue weighted by Crippen LogP contribution is 2.32. The molecule has 3 aromatic rings. The lowest BCUT2D eigenvalue weighted by molar-refractivity contribution is 0.0992. The maximum absolute atomic E-state index is 12.4. The Morgan fingerprint density at radius 3 is 2.67 bits per heavy atom. The van der Waals surface area contributed by atoms with Gasteiger partial charge in [-0.3, -0.25) is 4.79 Å². The number of phenolic OH excluding ortho intramolecular Hbond substituents is 1. The fourth-order valence-electron chi connectivity index (χ4n) is 2.48. The lowest BCUT2D eigenvalue weighted by Crippen LogP contribution is -2.12. The van der Waals surface area contributed by atoms with Crippen molar-refractivity contribution in [1.82, 2.24) is 0 Å². The van der Waals surface area contributed by atoms with Crippen LogP contribution in [0.3, 0.4) is 0 Å². The van der Waals surface area contributed by atoms with Crippen molar-refractivity contribution in [3.8, 4) is 11.5 Å². The fraction of sp³-hybridized carbons (Fsp3) is 0.150. The van der Waals surface area contributed by atoms with Crippen molar-refractivity contribution < 1.29 is 27.5 Å². The van der Waals surface area contributed by atoms with Crippen LogP contribution < -0.4 is 10.1 Å². The van der Waals surface area contributed by atoms with Gasteiger partial charge in [0.25, 0.3) is 5.91 Å². The van der Waals surface area contributed by atoms with Crippen LogP contribution in [0.5, 0.6) is 11.5 Å². The third-order valence-corrected chi connectivity index (χ3v) is 6.66. The number of benzene rings is 2. The highest BCUT2D eigenvalue weighted by atomic mass is 35.5. The number of phenols is 1. The van der Waals surface area contributed by atoms with E-state index in [1.807, 2.05) is 0 Å². The number of ether oxygens (including phenoxy) is 1. The van der Waals surface area contributed by atoms with Gasteiger partial charge >= 0.3 is 0 Å². The minimum atomic E-state index is -3.50. The summed E-state index contributed by atoms with van der Waals surface area (Å²) in [4.78, 5) is 12.4. The lowest BCUT2D eigenvalue weighted by atomic mass is 10.3. The van der Waals surface area contributed by atoms with Crippen molar-refractivity contribution >= 4 is 44.6 Å². The van der Waals surface area contributed by atoms with Gasteiger partial charge in [0, 0.05) is 0 Å². The van der Waals surface area contributed by atoms with Crippen LogP contribution in [0.25, 0.3) is 0 Å². The van der Waals surface area contributed by atoms with Crippen molar-refractivity contribution in [2.75, 3.05) is 11.1 Å². The molecule has 2 aromatic carbocycles. The van der Waals surface area contributed by atoms with E-state index in [1.165, 1.54) is 31.2 Å². The van der Waals surface area contributed by atoms with Gasteiger partial charge in [-0.2, -0.15) is 0 Å². The predicted molar refractivity (Wildman–Crippen MR) is 113 cm³/mol. The number of sulfone groups is 1. The summed E-state index contributed by atoms with van der Waals surface area (Å²) in [5.41, 5.74) is -0.0468. The normalized spacial score (nSPS) is 11.3. The zero-order valence-corrected chi connectivity index (χ0v) is 18.0. The van der Waals surface area contributed by atoms with E-state index in [2.05, 4.69) is 5.32 Å². The van der Waals surface area contributed by atoms with Gasteiger partial charge in [0.05, 0.1) is 21.4 Å². The number of hydrogen-bond donors (Lipinski definition) is 2. The van der Waals surface area contributed by atoms with Crippen LogP contribution in [0.2, 0.25) is 10.0 Å². The van der Waals surface area contributed by atoms with Crippen molar-refractivity contribution in [3.63, 3.8) is 0 Å². The maximum atomic E-state index is 12.4. The van der Waals surface area contributed by atoms with E-state index < -0.39 is 15.7 Å². The molecule has 0 spiro atoms. The van der Waals surface area contributed by atoms with Gasteiger partial charge in [0.1, 0.15) is 28.9 Å². The van der Waals surface area contributed by atoms with E-state index in [-0.39, 0.29) is 39.5 Å². The third-order valence-electron chi connectivity index (χ3n) is 4.13. The highest BCUT2D eigenvalue weighted by molar-refractivity contribution is 7.91. The van der Waals surface area contributed by atoms with Crippen LogP contribution in [0.4, 0.5) is 5.69 Å². The molecule has 0 aliphatic rings. The average molecular weight is 470 g/mol. The number of hydrogen-bond acceptors (Lipinski definition) is 6. The summed E-state index contributed by atoms with van der Waals surface area (Å²) in [6.07, 6.45) is 0. The Morgan fingerprint density at radius 2 is 1.93 bits per heavy atom. The summed E-state index contributed by atoms with van der Waals surface area (Å²) in [7, 11) is -3.50. The number of anilines is 1. The zero-order chi connectivity index (χ0) is 21.9. The molecule has 158 valence electrons. The summed E-state index contributed by atoms with van der Waals surface area (Å²) < 4.78 is 35.0. The predicted octanol–water partition coefficient (Wildman–Crippen LogP) is 4.92. The number of furan rings is 1. The minimum absolute atomic E-state index is 0.00280. The highest BCUT2D eigenvalue weighted by Gasteiger charge is 2.18. The largest absolute Gasteiger partial charge is 0.506 e. The molecule has 0 aliphatic carbocycles. The topological polar surface area (TPSA) is 106 Å². The molecule has 0 fully saturated rings. The molecule has 1 heterocycles. The van der Waals surface area contributed by atoms with Gasteiger partial charge in [-0.25, -0.2) is 8.42 Å². The first-order chi connectivity index (χ1) is 14.2. The van der Waals surface area contributed by atoms with E-state index in [9.17, 15) is 18.3 Å². The molecule has 0 radical (unpaired) electrons. The quantitative estimate of drug-likeness (QED) is 0.475. The molecule has 0 saturated heterocycles. The van der Waals surface area contributed by atoms with Crippen LogP contribution in [-0.2, 0) is 16.4 Å². The van der Waals surface area contributed by atoms with Gasteiger partial charge in [0.15, 0.2) is 15.6 Å². The molecule has 0 atom stereocenters. The standard InChI is InChI=1S/C20H17Cl2NO6S/c1-2-30(26,27)13-7-8-16(24)15(10-13)23-20(25)18-9-6-12(29-18)11-28-17-5-3-4-14(21)19(17)22/h3-10,24H,2,11H2,1H3,(H,23,25). The van der Waals surface area contributed by atoms with E-state index in [0.29, 0.717) is 16.5 Å². The summed E-state index contributed by atoms with van der Waals surface area (Å²) in [6.45, 7) is 1.51. The number of carbonyl (C=O) groups excluding carboxylic acids is 1. The van der Waals surface area contributed by atoms with E-state index in [0.717, 1.165) is 0 Å². The van der Waals surface area contributed by atoms with Gasteiger partial charge in [-0.05, 0) is 42.5 Å². The Morgan fingerprint density at radius 1 is 1.17 bits per heavy atom. The summed E-state index contributed by atoms with van der Waals surface area (Å²) in [5.74, 6) is -0.377. The molecule has 7 nitrogen and oxygen atoms in total. The number of aromatic hydroxyl groups is 1. The number of rotatable bonds is 7. The van der Waals surface area contributed by atoms with Crippen LogP contribution in [0, 0.1) is 0 Å². The zero-order valence-electron chi connectivity index (χ0n) is 15.7. The molecule has 30 heavy (non-hydrogen) atoms. The molecule has 10 heteroatoms. The second-order valence-corrected chi connectivity index (χ2v) is 9.21. The van der Waals surface area contributed by atoms with E-state index in [1.54, 1.807) is 24.3 Å². The first-order valence-electron chi connectivity index (χ1n) is 8.74. The summed E-state index contributed by atoms with van der Waals surface area (Å²) in [6, 6.07) is 11.6. The molecule has 0 bridgehead atoms. The molecule has 0 unspecified atom stereocenters. The first kappa shape index (κ1) is 22.0. The molecular weight excluding hydrogens is 453 g/mol. The second kappa shape index (κ2) is 8.99. The average Bonchev–Trinajstić information content (AvgIpc) is 3.20. The van der Waals surface area contributed by atoms with Gasteiger partial charge < -0.3 is 19.6 Å². The lowest BCUT2D eigenvalue weighted by Gasteiger charge is -2.09. The van der Waals surface area contributed by atoms with Gasteiger partial charge in [0.2, 0.25) is 0 Å². The molecule has 3 rings (SSSR count). The van der Waals surface area contributed by atoms with Crippen LogP contribution in [-0.4, -0.2) is 25.2 Å². The van der Waals surface area contributed by atoms with Gasteiger partial charge in [-0.15, -0.1) is 0 Å². The smallest absolute Gasteiger partial charge is 0.291 e. The molecule has 1 amide bonds. The SMILES string of the molecule is CCS(=O)(=O)c1ccc(O)c(NC(=O)c2ccc(COc3cccc(Cl)c3Cl)o2)c1. The Labute approximate surface area is 183 Å². The molecule has 0 aliphatic heterocycles. The van der Waals surface area contributed by atoms with E-state index in [4.69, 9.17) is 32.4 Å². The fourth-order valence-corrected chi connectivity index (χ4v) is 3.73. The molecular formula is C20H17Cl2NO6S. The van der Waals surface area contributed by atoms with Crippen LogP contribution in [0.15, 0.2) is 57.8 Å². The minimum Gasteiger partial charge on any atom is -0.506 e. The molecule has 1 aromatic heterocycles. The van der Waals surface area contributed by atoms with Crippen molar-refractivity contribution in [1.29, 1.82) is 0 Å². The first-order valence-corrected chi connectivity index (χ1v) is 11.1. The molecule has 0 saturated carbocycles. The maximum Gasteiger partial charge on any atom is 0.291 e. The van der Waals surface area contributed by atoms with Gasteiger partial charge in [-0.1, -0.05) is 36.2 Å². The second-order valence-electron chi connectivity index (χ2n) is 6.14. The monoisotopic (exact) mass is 469 g/mol. The third kappa shape index (κ3) is 4.89. The Kier molecular flexibility index (Phi) is 6.60. The molecule has 2 N–H and O–H groups in total. The summed E-state index contributed by atoms with van der Waals surface area (Å²) >= 11 is 12.0. The van der Waals surface area contributed by atoms with Crippen molar-refractivity contribution in [3.05, 3.63) is 70.1 Å². The number of halogens is 2. The Balaban J connectivity index is 1.71. The van der Waals surface area contributed by atoms with Crippen LogP contribution >= 0.6 is 23.2 Å². The van der Waals surface area contributed by atoms with E-state index >= 15 is 0 Å². The number of amides is 1. The number of nitrogens with one attached hydrogen (secondary N) is 1.